The summed E-state index contributed by atoms with van der Waals surface area (Å²) in [4.78, 5) is -0.315. The summed E-state index contributed by atoms with van der Waals surface area (Å²) >= 11 is 5.67. The van der Waals surface area contributed by atoms with Crippen LogP contribution in [0.3, 0.4) is 0 Å². The maximum Gasteiger partial charge on any atom is 0.245 e. The molecule has 0 amide bonds. The first kappa shape index (κ1) is 16.7. The zero-order valence-corrected chi connectivity index (χ0v) is 13.7. The molecule has 0 atom stereocenters. The summed E-state index contributed by atoms with van der Waals surface area (Å²) in [5.74, 6) is -0.807. The van der Waals surface area contributed by atoms with E-state index in [-0.39, 0.29) is 16.0 Å². The highest BCUT2D eigenvalue weighted by atomic mass is 35.5. The highest BCUT2D eigenvalue weighted by Gasteiger charge is 2.32. The molecule has 7 heteroatoms. The second-order valence-corrected chi connectivity index (χ2v) is 7.79. The molecule has 0 aliphatic heterocycles. The second kappa shape index (κ2) is 6.60. The van der Waals surface area contributed by atoms with Gasteiger partial charge >= 0.3 is 0 Å². The fraction of sp³-hybridized carbons (Fsp3) is 0.571. The summed E-state index contributed by atoms with van der Waals surface area (Å²) in [6.07, 6.45) is 3.39. The second-order valence-electron chi connectivity index (χ2n) is 5.39. The van der Waals surface area contributed by atoms with Crippen LogP contribution in [0, 0.1) is 5.82 Å². The Morgan fingerprint density at radius 2 is 1.90 bits per heavy atom. The summed E-state index contributed by atoms with van der Waals surface area (Å²) in [6.45, 7) is 0. The number of hydrogen-bond donors (Lipinski definition) is 1. The minimum atomic E-state index is -3.83. The maximum absolute atomic E-state index is 13.9. The highest BCUT2D eigenvalue weighted by Crippen LogP contribution is 2.28. The Labute approximate surface area is 130 Å². The monoisotopic (exact) mass is 334 g/mol. The first-order valence-corrected chi connectivity index (χ1v) is 8.78. The topological polar surface area (TPSA) is 49.4 Å². The normalized spacial score (nSPS) is 23.5. The van der Waals surface area contributed by atoms with E-state index in [1.807, 2.05) is 7.05 Å². The molecule has 1 saturated carbocycles. The van der Waals surface area contributed by atoms with Gasteiger partial charge in [-0.3, -0.25) is 0 Å². The predicted octanol–water partition coefficient (Wildman–Crippen LogP) is 2.63. The van der Waals surface area contributed by atoms with Gasteiger partial charge in [-0.1, -0.05) is 11.6 Å². The van der Waals surface area contributed by atoms with E-state index in [0.717, 1.165) is 31.7 Å². The quantitative estimate of drug-likeness (QED) is 0.921. The van der Waals surface area contributed by atoms with Crippen molar-refractivity contribution in [3.63, 3.8) is 0 Å². The van der Waals surface area contributed by atoms with E-state index in [2.05, 4.69) is 5.32 Å². The zero-order valence-electron chi connectivity index (χ0n) is 12.1. The molecule has 0 heterocycles. The fourth-order valence-electron chi connectivity index (χ4n) is 2.76. The summed E-state index contributed by atoms with van der Waals surface area (Å²) in [6, 6.07) is 3.99. The van der Waals surface area contributed by atoms with E-state index in [1.54, 1.807) is 0 Å². The number of hydrogen-bond acceptors (Lipinski definition) is 3. The zero-order chi connectivity index (χ0) is 15.6. The Hall–Kier alpha value is -0.690. The molecule has 4 nitrogen and oxygen atoms in total. The SMILES string of the molecule is CNC1CCC(N(C)S(=O)(=O)c2ccc(Cl)cc2F)CC1. The van der Waals surface area contributed by atoms with Crippen molar-refractivity contribution in [1.29, 1.82) is 0 Å². The van der Waals surface area contributed by atoms with Crippen molar-refractivity contribution in [3.05, 3.63) is 29.0 Å². The van der Waals surface area contributed by atoms with Crippen LogP contribution in [0.5, 0.6) is 0 Å². The van der Waals surface area contributed by atoms with Crippen molar-refractivity contribution in [1.82, 2.24) is 9.62 Å². The maximum atomic E-state index is 13.9. The number of sulfonamides is 1. The van der Waals surface area contributed by atoms with Gasteiger partial charge in [0.05, 0.1) is 0 Å². The molecule has 0 spiro atoms. The third-order valence-corrected chi connectivity index (χ3v) is 6.35. The Morgan fingerprint density at radius 3 is 2.43 bits per heavy atom. The van der Waals surface area contributed by atoms with E-state index >= 15 is 0 Å². The van der Waals surface area contributed by atoms with E-state index in [9.17, 15) is 12.8 Å². The number of nitrogens with one attached hydrogen (secondary N) is 1. The Balaban J connectivity index is 2.19. The van der Waals surface area contributed by atoms with E-state index in [0.29, 0.717) is 6.04 Å². The number of rotatable bonds is 4. The smallest absolute Gasteiger partial charge is 0.245 e. The van der Waals surface area contributed by atoms with E-state index in [4.69, 9.17) is 11.6 Å². The average molecular weight is 335 g/mol. The van der Waals surface area contributed by atoms with Gasteiger partial charge in [-0.05, 0) is 50.9 Å². The molecular weight excluding hydrogens is 315 g/mol. The Morgan fingerprint density at radius 1 is 1.29 bits per heavy atom. The molecule has 118 valence electrons. The van der Waals surface area contributed by atoms with Gasteiger partial charge in [-0.25, -0.2) is 12.8 Å². The number of benzene rings is 1. The van der Waals surface area contributed by atoms with Gasteiger partial charge in [0.15, 0.2) is 0 Å². The molecule has 21 heavy (non-hydrogen) atoms. The molecule has 1 aromatic rings. The fourth-order valence-corrected chi connectivity index (χ4v) is 4.38. The van der Waals surface area contributed by atoms with Crippen molar-refractivity contribution in [2.45, 2.75) is 42.7 Å². The van der Waals surface area contributed by atoms with Crippen LogP contribution in [0.1, 0.15) is 25.7 Å². The summed E-state index contributed by atoms with van der Waals surface area (Å²) < 4.78 is 40.3. The lowest BCUT2D eigenvalue weighted by Crippen LogP contribution is -2.42. The molecule has 1 fully saturated rings. The highest BCUT2D eigenvalue weighted by molar-refractivity contribution is 7.89. The van der Waals surface area contributed by atoms with Crippen molar-refractivity contribution >= 4 is 21.6 Å². The van der Waals surface area contributed by atoms with Crippen LogP contribution in [0.25, 0.3) is 0 Å². The standard InChI is InChI=1S/C14H20ClFN2O2S/c1-17-11-4-6-12(7-5-11)18(2)21(19,20)14-8-3-10(15)9-13(14)16/h3,8-9,11-12,17H,4-7H2,1-2H3. The van der Waals surface area contributed by atoms with Crippen LogP contribution >= 0.6 is 11.6 Å². The van der Waals surface area contributed by atoms with Crippen molar-refractivity contribution in [2.24, 2.45) is 0 Å². The largest absolute Gasteiger partial charge is 0.317 e. The summed E-state index contributed by atoms with van der Waals surface area (Å²) in [7, 11) is -0.398. The summed E-state index contributed by atoms with van der Waals surface area (Å²) in [5, 5.41) is 3.39. The molecule has 1 N–H and O–H groups in total. The minimum Gasteiger partial charge on any atom is -0.317 e. The Kier molecular flexibility index (Phi) is 5.24. The van der Waals surface area contributed by atoms with Gasteiger partial charge in [0.25, 0.3) is 0 Å². The molecule has 0 bridgehead atoms. The van der Waals surface area contributed by atoms with Gasteiger partial charge in [-0.2, -0.15) is 4.31 Å². The lowest BCUT2D eigenvalue weighted by molar-refractivity contribution is 0.254. The molecule has 0 radical (unpaired) electrons. The molecule has 1 aliphatic rings. The van der Waals surface area contributed by atoms with Crippen molar-refractivity contribution < 1.29 is 12.8 Å². The van der Waals surface area contributed by atoms with Crippen LogP contribution in [-0.4, -0.2) is 38.9 Å². The molecule has 0 saturated heterocycles. The molecule has 1 aromatic carbocycles. The third-order valence-electron chi connectivity index (χ3n) is 4.17. The van der Waals surface area contributed by atoms with Crippen LogP contribution < -0.4 is 5.32 Å². The average Bonchev–Trinajstić information content (AvgIpc) is 2.46. The van der Waals surface area contributed by atoms with Gasteiger partial charge in [-0.15, -0.1) is 0 Å². The third kappa shape index (κ3) is 3.56. The van der Waals surface area contributed by atoms with Gasteiger partial charge < -0.3 is 5.32 Å². The van der Waals surface area contributed by atoms with Crippen LogP contribution in [0.2, 0.25) is 5.02 Å². The molecule has 0 aromatic heterocycles. The predicted molar refractivity (Wildman–Crippen MR) is 81.5 cm³/mol. The van der Waals surface area contributed by atoms with Gasteiger partial charge in [0.2, 0.25) is 10.0 Å². The first-order chi connectivity index (χ1) is 9.86. The van der Waals surface area contributed by atoms with Crippen LogP contribution in [-0.2, 0) is 10.0 Å². The lowest BCUT2D eigenvalue weighted by atomic mass is 9.91. The van der Waals surface area contributed by atoms with E-state index in [1.165, 1.54) is 23.5 Å². The lowest BCUT2D eigenvalue weighted by Gasteiger charge is -2.33. The summed E-state index contributed by atoms with van der Waals surface area (Å²) in [5.41, 5.74) is 0. The molecular formula is C14H20ClFN2O2S. The van der Waals surface area contributed by atoms with Gasteiger partial charge in [0.1, 0.15) is 10.7 Å². The number of halogens is 2. The van der Waals surface area contributed by atoms with Gasteiger partial charge in [0, 0.05) is 24.2 Å². The molecule has 2 rings (SSSR count). The Bertz CT molecular complexity index is 601. The minimum absolute atomic E-state index is 0.0883. The first-order valence-electron chi connectivity index (χ1n) is 6.96. The van der Waals surface area contributed by atoms with Crippen molar-refractivity contribution in [2.75, 3.05) is 14.1 Å². The molecule has 0 unspecified atom stereocenters. The number of nitrogens with zero attached hydrogens (tertiary/aromatic N) is 1. The molecule has 1 aliphatic carbocycles. The van der Waals surface area contributed by atoms with Crippen LogP contribution in [0.4, 0.5) is 4.39 Å². The van der Waals surface area contributed by atoms with Crippen molar-refractivity contribution in [3.8, 4) is 0 Å². The van der Waals surface area contributed by atoms with E-state index < -0.39 is 15.8 Å². The van der Waals surface area contributed by atoms with Crippen LogP contribution in [0.15, 0.2) is 23.1 Å².